The first kappa shape index (κ1) is 14.5. The summed E-state index contributed by atoms with van der Waals surface area (Å²) in [5.41, 5.74) is 0.851. The van der Waals surface area contributed by atoms with Gasteiger partial charge in [0.15, 0.2) is 0 Å². The van der Waals surface area contributed by atoms with E-state index in [1.807, 2.05) is 0 Å². The summed E-state index contributed by atoms with van der Waals surface area (Å²) in [6.45, 7) is 0.121. The lowest BCUT2D eigenvalue weighted by Crippen LogP contribution is -2.23. The molecular formula is C15H13BrFNO2. The SMILES string of the molecule is COc1ccccc1C(=O)NCc1ccc(Br)cc1F. The highest BCUT2D eigenvalue weighted by molar-refractivity contribution is 9.10. The summed E-state index contributed by atoms with van der Waals surface area (Å²) in [6, 6.07) is 11.6. The molecule has 1 N–H and O–H groups in total. The maximum atomic E-state index is 13.6. The van der Waals surface area contributed by atoms with E-state index in [-0.39, 0.29) is 18.3 Å². The van der Waals surface area contributed by atoms with Gasteiger partial charge in [-0.1, -0.05) is 34.1 Å². The van der Waals surface area contributed by atoms with Crippen LogP contribution in [0.5, 0.6) is 5.75 Å². The molecule has 0 aliphatic heterocycles. The molecule has 0 aliphatic rings. The molecule has 0 fully saturated rings. The van der Waals surface area contributed by atoms with Crippen molar-refractivity contribution < 1.29 is 13.9 Å². The quantitative estimate of drug-likeness (QED) is 0.926. The Morgan fingerprint density at radius 2 is 2.05 bits per heavy atom. The van der Waals surface area contributed by atoms with Crippen molar-refractivity contribution in [3.63, 3.8) is 0 Å². The number of carbonyl (C=O) groups excluding carboxylic acids is 1. The van der Waals surface area contributed by atoms with Gasteiger partial charge in [-0.25, -0.2) is 4.39 Å². The molecule has 0 unspecified atom stereocenters. The van der Waals surface area contributed by atoms with Gasteiger partial charge in [0.1, 0.15) is 11.6 Å². The van der Waals surface area contributed by atoms with Crippen LogP contribution in [0.3, 0.4) is 0 Å². The van der Waals surface area contributed by atoms with Crippen LogP contribution in [0.1, 0.15) is 15.9 Å². The maximum Gasteiger partial charge on any atom is 0.255 e. The van der Waals surface area contributed by atoms with Crippen molar-refractivity contribution in [2.75, 3.05) is 7.11 Å². The van der Waals surface area contributed by atoms with Crippen molar-refractivity contribution in [1.29, 1.82) is 0 Å². The number of hydrogen-bond acceptors (Lipinski definition) is 2. The molecule has 0 heterocycles. The maximum absolute atomic E-state index is 13.6. The number of carbonyl (C=O) groups is 1. The number of nitrogens with one attached hydrogen (secondary N) is 1. The van der Waals surface area contributed by atoms with E-state index in [0.29, 0.717) is 21.3 Å². The van der Waals surface area contributed by atoms with Crippen LogP contribution in [0.2, 0.25) is 0 Å². The van der Waals surface area contributed by atoms with Crippen molar-refractivity contribution in [3.05, 3.63) is 63.9 Å². The monoisotopic (exact) mass is 337 g/mol. The van der Waals surface area contributed by atoms with Crippen LogP contribution in [0.4, 0.5) is 4.39 Å². The third kappa shape index (κ3) is 3.36. The molecule has 5 heteroatoms. The average molecular weight is 338 g/mol. The number of benzene rings is 2. The van der Waals surface area contributed by atoms with Gasteiger partial charge in [0, 0.05) is 16.6 Å². The molecule has 0 saturated heterocycles. The number of halogens is 2. The molecule has 20 heavy (non-hydrogen) atoms. The van der Waals surface area contributed by atoms with Crippen LogP contribution >= 0.6 is 15.9 Å². The van der Waals surface area contributed by atoms with E-state index >= 15 is 0 Å². The Bertz CT molecular complexity index is 631. The van der Waals surface area contributed by atoms with Gasteiger partial charge in [-0.2, -0.15) is 0 Å². The van der Waals surface area contributed by atoms with Gasteiger partial charge < -0.3 is 10.1 Å². The summed E-state index contributed by atoms with van der Waals surface area (Å²) in [5.74, 6) is -0.175. The lowest BCUT2D eigenvalue weighted by Gasteiger charge is -2.09. The first-order valence-electron chi connectivity index (χ1n) is 5.97. The number of rotatable bonds is 4. The van der Waals surface area contributed by atoms with E-state index in [9.17, 15) is 9.18 Å². The molecule has 0 aromatic heterocycles. The first-order chi connectivity index (χ1) is 9.61. The summed E-state index contributed by atoms with van der Waals surface area (Å²) < 4.78 is 19.4. The van der Waals surface area contributed by atoms with E-state index in [4.69, 9.17) is 4.74 Å². The predicted molar refractivity (Wildman–Crippen MR) is 78.3 cm³/mol. The van der Waals surface area contributed by atoms with Gasteiger partial charge >= 0.3 is 0 Å². The van der Waals surface area contributed by atoms with E-state index in [1.54, 1.807) is 36.4 Å². The van der Waals surface area contributed by atoms with Crippen LogP contribution in [0.15, 0.2) is 46.9 Å². The Labute approximate surface area is 124 Å². The molecule has 3 nitrogen and oxygen atoms in total. The molecule has 104 valence electrons. The van der Waals surface area contributed by atoms with Gasteiger partial charge in [0.25, 0.3) is 5.91 Å². The largest absolute Gasteiger partial charge is 0.496 e. The molecule has 0 spiro atoms. The number of amides is 1. The topological polar surface area (TPSA) is 38.3 Å². The van der Waals surface area contributed by atoms with Gasteiger partial charge in [-0.15, -0.1) is 0 Å². The minimum Gasteiger partial charge on any atom is -0.496 e. The zero-order valence-corrected chi connectivity index (χ0v) is 12.4. The minimum absolute atomic E-state index is 0.121. The molecule has 0 saturated carbocycles. The predicted octanol–water partition coefficient (Wildman–Crippen LogP) is 3.53. The van der Waals surface area contributed by atoms with Crippen molar-refractivity contribution in [3.8, 4) is 5.75 Å². The van der Waals surface area contributed by atoms with Gasteiger partial charge in [0.2, 0.25) is 0 Å². The fourth-order valence-electron chi connectivity index (χ4n) is 1.77. The summed E-state index contributed by atoms with van der Waals surface area (Å²) in [4.78, 5) is 12.1. The molecule has 2 rings (SSSR count). The Kier molecular flexibility index (Phi) is 4.74. The minimum atomic E-state index is -0.361. The van der Waals surface area contributed by atoms with Crippen molar-refractivity contribution >= 4 is 21.8 Å². The fourth-order valence-corrected chi connectivity index (χ4v) is 2.10. The smallest absolute Gasteiger partial charge is 0.255 e. The van der Waals surface area contributed by atoms with E-state index < -0.39 is 0 Å². The highest BCUT2D eigenvalue weighted by atomic mass is 79.9. The molecular weight excluding hydrogens is 325 g/mol. The third-order valence-corrected chi connectivity index (χ3v) is 3.30. The second-order valence-electron chi connectivity index (χ2n) is 4.12. The second-order valence-corrected chi connectivity index (χ2v) is 5.03. The van der Waals surface area contributed by atoms with Gasteiger partial charge in [0.05, 0.1) is 12.7 Å². The normalized spacial score (nSPS) is 10.2. The lowest BCUT2D eigenvalue weighted by molar-refractivity contribution is 0.0947. The average Bonchev–Trinajstić information content (AvgIpc) is 2.46. The standard InChI is InChI=1S/C15H13BrFNO2/c1-20-14-5-3-2-4-12(14)15(19)18-9-10-6-7-11(16)8-13(10)17/h2-8H,9H2,1H3,(H,18,19). The van der Waals surface area contributed by atoms with E-state index in [1.165, 1.54) is 13.2 Å². The van der Waals surface area contributed by atoms with Crippen molar-refractivity contribution in [1.82, 2.24) is 5.32 Å². The van der Waals surface area contributed by atoms with E-state index in [2.05, 4.69) is 21.2 Å². The first-order valence-corrected chi connectivity index (χ1v) is 6.76. The fraction of sp³-hybridized carbons (Fsp3) is 0.133. The summed E-state index contributed by atoms with van der Waals surface area (Å²) in [7, 11) is 1.50. The summed E-state index contributed by atoms with van der Waals surface area (Å²) >= 11 is 3.19. The zero-order valence-electron chi connectivity index (χ0n) is 10.8. The Morgan fingerprint density at radius 3 is 2.75 bits per heavy atom. The van der Waals surface area contributed by atoms with Crippen LogP contribution in [-0.4, -0.2) is 13.0 Å². The molecule has 0 bridgehead atoms. The molecule has 1 amide bonds. The van der Waals surface area contributed by atoms with Gasteiger partial charge in [-0.3, -0.25) is 4.79 Å². The molecule has 2 aromatic carbocycles. The van der Waals surface area contributed by atoms with Crippen LogP contribution in [0, 0.1) is 5.82 Å². The van der Waals surface area contributed by atoms with Crippen LogP contribution in [-0.2, 0) is 6.54 Å². The summed E-state index contributed by atoms with van der Waals surface area (Å²) in [5, 5.41) is 2.68. The Balaban J connectivity index is 2.09. The highest BCUT2D eigenvalue weighted by Crippen LogP contribution is 2.18. The molecule has 0 atom stereocenters. The number of hydrogen-bond donors (Lipinski definition) is 1. The number of ether oxygens (including phenoxy) is 1. The Hall–Kier alpha value is -1.88. The number of para-hydroxylation sites is 1. The summed E-state index contributed by atoms with van der Waals surface area (Å²) in [6.07, 6.45) is 0. The zero-order chi connectivity index (χ0) is 14.5. The number of methoxy groups -OCH3 is 1. The van der Waals surface area contributed by atoms with E-state index in [0.717, 1.165) is 0 Å². The lowest BCUT2D eigenvalue weighted by atomic mass is 10.1. The Morgan fingerprint density at radius 1 is 1.30 bits per heavy atom. The van der Waals surface area contributed by atoms with Gasteiger partial charge in [-0.05, 0) is 24.3 Å². The third-order valence-electron chi connectivity index (χ3n) is 2.81. The highest BCUT2D eigenvalue weighted by Gasteiger charge is 2.12. The van der Waals surface area contributed by atoms with Crippen LogP contribution in [0.25, 0.3) is 0 Å². The van der Waals surface area contributed by atoms with Crippen molar-refractivity contribution in [2.24, 2.45) is 0 Å². The second kappa shape index (κ2) is 6.52. The molecule has 0 aliphatic carbocycles. The van der Waals surface area contributed by atoms with Crippen LogP contribution < -0.4 is 10.1 Å². The van der Waals surface area contributed by atoms with Crippen molar-refractivity contribution in [2.45, 2.75) is 6.54 Å². The molecule has 0 radical (unpaired) electrons. The molecule has 2 aromatic rings.